The molecule has 1 N–H and O–H groups in total. The van der Waals surface area contributed by atoms with Gasteiger partial charge in [0, 0.05) is 40.0 Å². The Balaban J connectivity index is 3.41. The lowest BCUT2D eigenvalue weighted by Gasteiger charge is -2.12. The van der Waals surface area contributed by atoms with Crippen LogP contribution in [0, 0.1) is 0 Å². The van der Waals surface area contributed by atoms with Crippen molar-refractivity contribution in [2.75, 3.05) is 33.5 Å². The van der Waals surface area contributed by atoms with E-state index in [0.29, 0.717) is 32.8 Å². The lowest BCUT2D eigenvalue weighted by Crippen LogP contribution is -2.25. The molecule has 15 heavy (non-hydrogen) atoms. The van der Waals surface area contributed by atoms with E-state index in [1.54, 1.807) is 14.0 Å². The molecule has 0 aliphatic heterocycles. The van der Waals surface area contributed by atoms with Crippen LogP contribution in [0.3, 0.4) is 0 Å². The van der Waals surface area contributed by atoms with Gasteiger partial charge in [0.15, 0.2) is 6.10 Å². The minimum absolute atomic E-state index is 0.385. The summed E-state index contributed by atoms with van der Waals surface area (Å²) in [6.45, 7) is 3.83. The van der Waals surface area contributed by atoms with Crippen LogP contribution in [-0.4, -0.2) is 50.7 Å². The Labute approximate surface area is 90.3 Å². The molecule has 1 unspecified atom stereocenters. The van der Waals surface area contributed by atoms with E-state index in [-0.39, 0.29) is 0 Å². The first-order valence-corrected chi connectivity index (χ1v) is 5.13. The van der Waals surface area contributed by atoms with Gasteiger partial charge in [0.1, 0.15) is 0 Å². The number of carboxylic acids is 1. The van der Waals surface area contributed by atoms with Gasteiger partial charge in [0.25, 0.3) is 0 Å². The molecular weight excluding hydrogens is 200 g/mol. The van der Waals surface area contributed by atoms with Crippen LogP contribution in [-0.2, 0) is 19.0 Å². The zero-order chi connectivity index (χ0) is 11.5. The number of carboxylic acid groups (broad SMARTS) is 1. The van der Waals surface area contributed by atoms with E-state index in [9.17, 15) is 4.79 Å². The Morgan fingerprint density at radius 1 is 1.33 bits per heavy atom. The average Bonchev–Trinajstić information content (AvgIpc) is 2.21. The second-order valence-electron chi connectivity index (χ2n) is 3.03. The van der Waals surface area contributed by atoms with E-state index in [2.05, 4.69) is 0 Å². The molecule has 5 nitrogen and oxygen atoms in total. The monoisotopic (exact) mass is 220 g/mol. The highest BCUT2D eigenvalue weighted by molar-refractivity contribution is 5.72. The molecule has 0 aromatic rings. The maximum absolute atomic E-state index is 10.7. The first kappa shape index (κ1) is 14.3. The number of hydrogen-bond acceptors (Lipinski definition) is 4. The summed E-state index contributed by atoms with van der Waals surface area (Å²) in [6.07, 6.45) is 0.455. The maximum Gasteiger partial charge on any atom is 0.332 e. The van der Waals surface area contributed by atoms with Crippen LogP contribution in [0.5, 0.6) is 0 Å². The van der Waals surface area contributed by atoms with Crippen LogP contribution in [0.15, 0.2) is 0 Å². The Bertz CT molecular complexity index is 160. The summed E-state index contributed by atoms with van der Waals surface area (Å²) in [5.74, 6) is -0.933. The van der Waals surface area contributed by atoms with Gasteiger partial charge in [0.2, 0.25) is 0 Å². The first-order chi connectivity index (χ1) is 7.22. The average molecular weight is 220 g/mol. The zero-order valence-electron chi connectivity index (χ0n) is 9.40. The molecule has 0 rings (SSSR count). The number of aliphatic carboxylic acids is 1. The van der Waals surface area contributed by atoms with Crippen LogP contribution in [0.4, 0.5) is 0 Å². The minimum atomic E-state index is -0.933. The van der Waals surface area contributed by atoms with Gasteiger partial charge < -0.3 is 19.3 Å². The highest BCUT2D eigenvalue weighted by atomic mass is 16.5. The van der Waals surface area contributed by atoms with Crippen molar-refractivity contribution >= 4 is 5.97 Å². The molecule has 90 valence electrons. The van der Waals surface area contributed by atoms with Crippen molar-refractivity contribution in [1.82, 2.24) is 0 Å². The van der Waals surface area contributed by atoms with Crippen molar-refractivity contribution in [1.29, 1.82) is 0 Å². The quantitative estimate of drug-likeness (QED) is 0.554. The summed E-state index contributed by atoms with van der Waals surface area (Å²) in [5, 5.41) is 8.74. The summed E-state index contributed by atoms with van der Waals surface area (Å²) in [7, 11) is 1.63. The molecule has 0 saturated heterocycles. The summed E-state index contributed by atoms with van der Waals surface area (Å²) in [4.78, 5) is 10.7. The van der Waals surface area contributed by atoms with Gasteiger partial charge >= 0.3 is 5.97 Å². The predicted molar refractivity (Wildman–Crippen MR) is 55.0 cm³/mol. The number of carbonyl (C=O) groups is 1. The van der Waals surface area contributed by atoms with Crippen LogP contribution >= 0.6 is 0 Å². The topological polar surface area (TPSA) is 65.0 Å². The molecule has 1 atom stereocenters. The van der Waals surface area contributed by atoms with Crippen molar-refractivity contribution in [3.05, 3.63) is 0 Å². The fraction of sp³-hybridized carbons (Fsp3) is 0.900. The molecule has 0 aromatic heterocycles. The standard InChI is InChI=1S/C10H20O5/c1-3-15-9(10(11)12)5-8-14-7-4-6-13-2/h9H,3-8H2,1-2H3,(H,11,12). The van der Waals surface area contributed by atoms with Crippen LogP contribution in [0.2, 0.25) is 0 Å². The zero-order valence-corrected chi connectivity index (χ0v) is 9.40. The molecule has 0 aliphatic carbocycles. The molecule has 5 heteroatoms. The van der Waals surface area contributed by atoms with Crippen molar-refractivity contribution in [3.8, 4) is 0 Å². The number of ether oxygens (including phenoxy) is 3. The van der Waals surface area contributed by atoms with Crippen molar-refractivity contribution in [2.45, 2.75) is 25.9 Å². The van der Waals surface area contributed by atoms with E-state index in [4.69, 9.17) is 19.3 Å². The van der Waals surface area contributed by atoms with Gasteiger partial charge in [-0.1, -0.05) is 0 Å². The van der Waals surface area contributed by atoms with Gasteiger partial charge in [-0.05, 0) is 13.3 Å². The molecule has 0 amide bonds. The normalized spacial score (nSPS) is 12.7. The summed E-state index contributed by atoms with van der Waals surface area (Å²) in [5.41, 5.74) is 0. The number of hydrogen-bond donors (Lipinski definition) is 1. The third kappa shape index (κ3) is 8.35. The van der Waals surface area contributed by atoms with Crippen LogP contribution < -0.4 is 0 Å². The molecule has 0 saturated carbocycles. The Morgan fingerprint density at radius 2 is 2.07 bits per heavy atom. The SMILES string of the molecule is CCOC(CCOCCCOC)C(=O)O. The molecule has 0 fully saturated rings. The van der Waals surface area contributed by atoms with Gasteiger partial charge in [-0.15, -0.1) is 0 Å². The molecule has 0 spiro atoms. The molecule has 0 aliphatic rings. The lowest BCUT2D eigenvalue weighted by atomic mass is 10.2. The molecule has 0 heterocycles. The Kier molecular flexibility index (Phi) is 9.46. The fourth-order valence-corrected chi connectivity index (χ4v) is 1.08. The van der Waals surface area contributed by atoms with Crippen molar-refractivity contribution in [3.63, 3.8) is 0 Å². The minimum Gasteiger partial charge on any atom is -0.479 e. The Hall–Kier alpha value is -0.650. The number of methoxy groups -OCH3 is 1. The highest BCUT2D eigenvalue weighted by Crippen LogP contribution is 1.99. The van der Waals surface area contributed by atoms with E-state index >= 15 is 0 Å². The van der Waals surface area contributed by atoms with E-state index in [1.165, 1.54) is 0 Å². The van der Waals surface area contributed by atoms with E-state index in [1.807, 2.05) is 0 Å². The van der Waals surface area contributed by atoms with E-state index < -0.39 is 12.1 Å². The van der Waals surface area contributed by atoms with Crippen LogP contribution in [0.1, 0.15) is 19.8 Å². The maximum atomic E-state index is 10.7. The molecule has 0 bridgehead atoms. The first-order valence-electron chi connectivity index (χ1n) is 5.13. The molecule has 0 radical (unpaired) electrons. The smallest absolute Gasteiger partial charge is 0.332 e. The van der Waals surface area contributed by atoms with Gasteiger partial charge in [-0.2, -0.15) is 0 Å². The fourth-order valence-electron chi connectivity index (χ4n) is 1.08. The lowest BCUT2D eigenvalue weighted by molar-refractivity contribution is -0.151. The third-order valence-electron chi connectivity index (χ3n) is 1.80. The van der Waals surface area contributed by atoms with E-state index in [0.717, 1.165) is 6.42 Å². The van der Waals surface area contributed by atoms with Crippen LogP contribution in [0.25, 0.3) is 0 Å². The predicted octanol–water partition coefficient (Wildman–Crippen LogP) is 0.919. The highest BCUT2D eigenvalue weighted by Gasteiger charge is 2.16. The molecule has 0 aromatic carbocycles. The number of rotatable bonds is 10. The Morgan fingerprint density at radius 3 is 2.60 bits per heavy atom. The summed E-state index contributed by atoms with van der Waals surface area (Å²) < 4.78 is 15.1. The summed E-state index contributed by atoms with van der Waals surface area (Å²) >= 11 is 0. The summed E-state index contributed by atoms with van der Waals surface area (Å²) in [6, 6.07) is 0. The second kappa shape index (κ2) is 9.89. The van der Waals surface area contributed by atoms with Gasteiger partial charge in [-0.25, -0.2) is 4.79 Å². The van der Waals surface area contributed by atoms with Crippen molar-refractivity contribution < 1.29 is 24.1 Å². The second-order valence-corrected chi connectivity index (χ2v) is 3.03. The molecular formula is C10H20O5. The largest absolute Gasteiger partial charge is 0.479 e. The van der Waals surface area contributed by atoms with Crippen molar-refractivity contribution in [2.24, 2.45) is 0 Å². The van der Waals surface area contributed by atoms with Gasteiger partial charge in [-0.3, -0.25) is 0 Å². The third-order valence-corrected chi connectivity index (χ3v) is 1.80. The van der Waals surface area contributed by atoms with Gasteiger partial charge in [0.05, 0.1) is 0 Å².